The smallest absolute Gasteiger partial charge is 0.135 e. The van der Waals surface area contributed by atoms with Gasteiger partial charge in [-0.3, -0.25) is 0 Å². The van der Waals surface area contributed by atoms with E-state index in [-0.39, 0.29) is 0 Å². The minimum Gasteiger partial charge on any atom is -0.372 e. The Morgan fingerprint density at radius 3 is 3.45 bits per heavy atom. The fraction of sp³-hybridized carbons (Fsp3) is 0.571. The van der Waals surface area contributed by atoms with Gasteiger partial charge in [0.2, 0.25) is 0 Å². The molecule has 60 valence electrons. The molecule has 0 radical (unpaired) electrons. The maximum Gasteiger partial charge on any atom is 0.135 e. The molecule has 0 aliphatic carbocycles. The first-order chi connectivity index (χ1) is 5.42. The van der Waals surface area contributed by atoms with Gasteiger partial charge in [-0.25, -0.2) is 4.98 Å². The molecule has 0 spiro atoms. The summed E-state index contributed by atoms with van der Waals surface area (Å²) in [4.78, 5) is 4.22. The third kappa shape index (κ3) is 1.16. The molecule has 0 N–H and O–H groups in total. The molecule has 0 atom stereocenters. The number of fused-ring (bicyclic) bond motifs is 1. The molecule has 1 aromatic rings. The number of rotatable bonds is 1. The maximum atomic E-state index is 5.25. The van der Waals surface area contributed by atoms with E-state index in [1.54, 1.807) is 0 Å². The van der Waals surface area contributed by atoms with Crippen LogP contribution in [0.4, 0.5) is 0 Å². The van der Waals surface area contributed by atoms with Crippen LogP contribution in [0.1, 0.15) is 11.5 Å². The molecule has 2 rings (SSSR count). The Hall–Kier alpha value is -0.480. The van der Waals surface area contributed by atoms with E-state index in [1.807, 2.05) is 6.20 Å². The second-order valence-electron chi connectivity index (χ2n) is 2.53. The highest BCUT2D eigenvalue weighted by atomic mass is 32.1. The molecule has 3 nitrogen and oxygen atoms in total. The van der Waals surface area contributed by atoms with Gasteiger partial charge in [0.05, 0.1) is 6.61 Å². The molecule has 11 heavy (non-hydrogen) atoms. The average Bonchev–Trinajstić information content (AvgIpc) is 2.47. The van der Waals surface area contributed by atoms with Gasteiger partial charge in [-0.1, -0.05) is 0 Å². The Kier molecular flexibility index (Phi) is 1.87. The molecular formula is C7H10N2OS. The van der Waals surface area contributed by atoms with Gasteiger partial charge in [0.25, 0.3) is 0 Å². The zero-order valence-electron chi connectivity index (χ0n) is 6.16. The summed E-state index contributed by atoms with van der Waals surface area (Å²) in [7, 11) is 0. The summed E-state index contributed by atoms with van der Waals surface area (Å²) >= 11 is 4.21. The van der Waals surface area contributed by atoms with Crippen molar-refractivity contribution >= 4 is 12.6 Å². The number of imidazole rings is 1. The standard InChI is InChI=1S/C7H10N2OS/c11-5-6-3-8-7-4-10-2-1-9(6)7/h3,11H,1-2,4-5H2. The first-order valence-corrected chi connectivity index (χ1v) is 4.27. The fourth-order valence-corrected chi connectivity index (χ4v) is 1.54. The Morgan fingerprint density at radius 2 is 2.64 bits per heavy atom. The van der Waals surface area contributed by atoms with Gasteiger partial charge in [0.15, 0.2) is 0 Å². The van der Waals surface area contributed by atoms with E-state index in [0.29, 0.717) is 6.61 Å². The van der Waals surface area contributed by atoms with Gasteiger partial charge in [-0.15, -0.1) is 0 Å². The molecule has 0 amide bonds. The van der Waals surface area contributed by atoms with Crippen LogP contribution < -0.4 is 0 Å². The Balaban J connectivity index is 2.38. The van der Waals surface area contributed by atoms with E-state index in [9.17, 15) is 0 Å². The largest absolute Gasteiger partial charge is 0.372 e. The Morgan fingerprint density at radius 1 is 1.73 bits per heavy atom. The molecule has 0 saturated heterocycles. The van der Waals surface area contributed by atoms with E-state index in [2.05, 4.69) is 22.2 Å². The Labute approximate surface area is 70.8 Å². The van der Waals surface area contributed by atoms with Crippen LogP contribution in [-0.4, -0.2) is 16.2 Å². The van der Waals surface area contributed by atoms with Gasteiger partial charge in [0, 0.05) is 24.2 Å². The van der Waals surface area contributed by atoms with E-state index in [4.69, 9.17) is 4.74 Å². The number of hydrogen-bond acceptors (Lipinski definition) is 3. The summed E-state index contributed by atoms with van der Waals surface area (Å²) in [6.45, 7) is 2.36. The van der Waals surface area contributed by atoms with Crippen molar-refractivity contribution < 1.29 is 4.74 Å². The van der Waals surface area contributed by atoms with Gasteiger partial charge >= 0.3 is 0 Å². The topological polar surface area (TPSA) is 27.1 Å². The van der Waals surface area contributed by atoms with Gasteiger partial charge in [-0.2, -0.15) is 12.6 Å². The lowest BCUT2D eigenvalue weighted by molar-refractivity contribution is 0.0809. The van der Waals surface area contributed by atoms with E-state index < -0.39 is 0 Å². The molecule has 0 aromatic carbocycles. The van der Waals surface area contributed by atoms with Crippen molar-refractivity contribution in [3.8, 4) is 0 Å². The molecule has 0 unspecified atom stereocenters. The summed E-state index contributed by atoms with van der Waals surface area (Å²) in [5.41, 5.74) is 1.19. The minimum absolute atomic E-state index is 0.647. The van der Waals surface area contributed by atoms with Crippen molar-refractivity contribution in [3.05, 3.63) is 17.7 Å². The third-order valence-corrected chi connectivity index (χ3v) is 2.20. The van der Waals surface area contributed by atoms with Crippen molar-refractivity contribution in [2.45, 2.75) is 18.9 Å². The zero-order valence-corrected chi connectivity index (χ0v) is 7.05. The summed E-state index contributed by atoms with van der Waals surface area (Å²) in [6, 6.07) is 0. The first kappa shape index (κ1) is 7.18. The average molecular weight is 170 g/mol. The van der Waals surface area contributed by atoms with Gasteiger partial charge in [-0.05, 0) is 0 Å². The lowest BCUT2D eigenvalue weighted by atomic mass is 10.4. The van der Waals surface area contributed by atoms with Crippen LogP contribution in [0.5, 0.6) is 0 Å². The molecule has 2 heterocycles. The highest BCUT2D eigenvalue weighted by molar-refractivity contribution is 7.79. The molecule has 0 fully saturated rings. The quantitative estimate of drug-likeness (QED) is 0.632. The van der Waals surface area contributed by atoms with Crippen LogP contribution in [0.2, 0.25) is 0 Å². The van der Waals surface area contributed by atoms with E-state index in [1.165, 1.54) is 5.69 Å². The highest BCUT2D eigenvalue weighted by Crippen LogP contribution is 2.12. The van der Waals surface area contributed by atoms with Crippen molar-refractivity contribution in [2.75, 3.05) is 6.61 Å². The molecular weight excluding hydrogens is 160 g/mol. The van der Waals surface area contributed by atoms with Crippen LogP contribution in [0, 0.1) is 0 Å². The van der Waals surface area contributed by atoms with E-state index in [0.717, 1.165) is 24.7 Å². The molecule has 1 aliphatic heterocycles. The van der Waals surface area contributed by atoms with Crippen LogP contribution in [-0.2, 0) is 23.6 Å². The lowest BCUT2D eigenvalue weighted by Crippen LogP contribution is -2.18. The predicted molar refractivity (Wildman–Crippen MR) is 44.6 cm³/mol. The monoisotopic (exact) mass is 170 g/mol. The number of aromatic nitrogens is 2. The van der Waals surface area contributed by atoms with Crippen LogP contribution in [0.3, 0.4) is 0 Å². The lowest BCUT2D eigenvalue weighted by Gasteiger charge is -2.15. The van der Waals surface area contributed by atoms with Crippen LogP contribution in [0.25, 0.3) is 0 Å². The summed E-state index contributed by atoms with van der Waals surface area (Å²) in [5.74, 6) is 1.78. The fourth-order valence-electron chi connectivity index (χ4n) is 1.29. The van der Waals surface area contributed by atoms with Crippen molar-refractivity contribution in [2.24, 2.45) is 0 Å². The summed E-state index contributed by atoms with van der Waals surface area (Å²) in [5, 5.41) is 0. The first-order valence-electron chi connectivity index (χ1n) is 3.63. The SMILES string of the molecule is SCc1cnc2n1CCOC2. The number of nitrogens with zero attached hydrogens (tertiary/aromatic N) is 2. The van der Waals surface area contributed by atoms with Gasteiger partial charge in [0.1, 0.15) is 12.4 Å². The molecule has 0 saturated carbocycles. The second kappa shape index (κ2) is 2.87. The predicted octanol–water partition coefficient (Wildman–Crippen LogP) is 0.843. The van der Waals surface area contributed by atoms with Crippen molar-refractivity contribution in [1.29, 1.82) is 0 Å². The molecule has 1 aliphatic rings. The molecule has 4 heteroatoms. The minimum atomic E-state index is 0.647. The Bertz CT molecular complexity index is 245. The third-order valence-electron chi connectivity index (χ3n) is 1.87. The van der Waals surface area contributed by atoms with Crippen LogP contribution in [0.15, 0.2) is 6.20 Å². The molecule has 1 aromatic heterocycles. The van der Waals surface area contributed by atoms with E-state index >= 15 is 0 Å². The van der Waals surface area contributed by atoms with Crippen molar-refractivity contribution in [1.82, 2.24) is 9.55 Å². The van der Waals surface area contributed by atoms with Gasteiger partial charge < -0.3 is 9.30 Å². The maximum absolute atomic E-state index is 5.25. The highest BCUT2D eigenvalue weighted by Gasteiger charge is 2.12. The molecule has 0 bridgehead atoms. The number of hydrogen-bond donors (Lipinski definition) is 1. The number of thiol groups is 1. The van der Waals surface area contributed by atoms with Crippen LogP contribution >= 0.6 is 12.6 Å². The normalized spacial score (nSPS) is 16.5. The summed E-state index contributed by atoms with van der Waals surface area (Å²) < 4.78 is 7.42. The summed E-state index contributed by atoms with van der Waals surface area (Å²) in [6.07, 6.45) is 1.87. The second-order valence-corrected chi connectivity index (χ2v) is 2.84. The number of ether oxygens (including phenoxy) is 1. The van der Waals surface area contributed by atoms with Crippen molar-refractivity contribution in [3.63, 3.8) is 0 Å². The zero-order chi connectivity index (χ0) is 7.68.